The van der Waals surface area contributed by atoms with E-state index in [9.17, 15) is 14.7 Å². The van der Waals surface area contributed by atoms with E-state index >= 15 is 0 Å². The molecule has 1 aliphatic carbocycles. The molecule has 2 aliphatic rings. The molecule has 2 aromatic rings. The second kappa shape index (κ2) is 7.24. The van der Waals surface area contributed by atoms with Crippen LogP contribution in [-0.2, 0) is 14.3 Å². The average Bonchev–Trinajstić information content (AvgIpc) is 2.74. The largest absolute Gasteiger partial charge is 0.465 e. The van der Waals surface area contributed by atoms with Crippen LogP contribution in [-0.4, -0.2) is 29.7 Å². The highest BCUT2D eigenvalue weighted by atomic mass is 16.5. The van der Waals surface area contributed by atoms with E-state index in [2.05, 4.69) is 0 Å². The average molecular weight is 377 g/mol. The first-order valence-electron chi connectivity index (χ1n) is 9.53. The molecule has 0 saturated heterocycles. The minimum Gasteiger partial charge on any atom is -0.465 e. The van der Waals surface area contributed by atoms with Gasteiger partial charge in [0.05, 0.1) is 7.11 Å². The second-order valence-electron chi connectivity index (χ2n) is 7.28. The van der Waals surface area contributed by atoms with Crippen molar-refractivity contribution in [2.75, 3.05) is 12.0 Å². The highest BCUT2D eigenvalue weighted by Gasteiger charge is 2.53. The van der Waals surface area contributed by atoms with Crippen LogP contribution in [0.2, 0.25) is 0 Å². The molecule has 2 atom stereocenters. The van der Waals surface area contributed by atoms with E-state index in [1.165, 1.54) is 7.11 Å². The minimum atomic E-state index is -1.88. The number of ketones is 1. The van der Waals surface area contributed by atoms with Gasteiger partial charge in [-0.15, -0.1) is 0 Å². The Bertz CT molecular complexity index is 922. The Balaban J connectivity index is 1.96. The number of Topliss-reactive ketones (excluding diaryl/α,β-unsaturated/α-hetero) is 1. The van der Waals surface area contributed by atoms with Gasteiger partial charge in [0.15, 0.2) is 5.78 Å². The second-order valence-corrected chi connectivity index (χ2v) is 7.28. The van der Waals surface area contributed by atoms with Gasteiger partial charge in [-0.3, -0.25) is 4.79 Å². The zero-order chi connectivity index (χ0) is 19.7. The molecule has 0 amide bonds. The molecule has 5 heteroatoms. The van der Waals surface area contributed by atoms with Gasteiger partial charge in [-0.05, 0) is 30.5 Å². The van der Waals surface area contributed by atoms with E-state index < -0.39 is 11.7 Å². The van der Waals surface area contributed by atoms with Crippen molar-refractivity contribution in [3.05, 3.63) is 77.5 Å². The summed E-state index contributed by atoms with van der Waals surface area (Å²) in [5.74, 6) is -0.988. The fourth-order valence-corrected chi connectivity index (χ4v) is 4.43. The molecule has 0 radical (unpaired) electrons. The van der Waals surface area contributed by atoms with Gasteiger partial charge in [0.25, 0.3) is 0 Å². The summed E-state index contributed by atoms with van der Waals surface area (Å²) in [7, 11) is 1.27. The first kappa shape index (κ1) is 18.4. The summed E-state index contributed by atoms with van der Waals surface area (Å²) in [6.45, 7) is 0. The summed E-state index contributed by atoms with van der Waals surface area (Å²) < 4.78 is 5.00. The Hall–Kier alpha value is -2.92. The Kier molecular flexibility index (Phi) is 4.77. The maximum absolute atomic E-state index is 13.0. The van der Waals surface area contributed by atoms with E-state index in [4.69, 9.17) is 4.74 Å². The third-order valence-electron chi connectivity index (χ3n) is 5.63. The number of ether oxygens (including phenoxy) is 1. The Morgan fingerprint density at radius 2 is 1.71 bits per heavy atom. The highest BCUT2D eigenvalue weighted by molar-refractivity contribution is 6.01. The fraction of sp³-hybridized carbons (Fsp3) is 0.304. The number of carbonyl (C=O) groups excluding carboxylic acids is 2. The van der Waals surface area contributed by atoms with Crippen LogP contribution in [0.1, 0.15) is 37.2 Å². The van der Waals surface area contributed by atoms with Crippen molar-refractivity contribution in [1.82, 2.24) is 0 Å². The number of rotatable bonds is 3. The van der Waals surface area contributed by atoms with Gasteiger partial charge in [0.1, 0.15) is 0 Å². The molecule has 28 heavy (non-hydrogen) atoms. The number of benzene rings is 2. The van der Waals surface area contributed by atoms with Crippen LogP contribution in [0.3, 0.4) is 0 Å². The van der Waals surface area contributed by atoms with Gasteiger partial charge in [-0.2, -0.15) is 0 Å². The van der Waals surface area contributed by atoms with Crippen LogP contribution >= 0.6 is 0 Å². The van der Waals surface area contributed by atoms with Gasteiger partial charge < -0.3 is 14.7 Å². The highest BCUT2D eigenvalue weighted by Crippen LogP contribution is 2.48. The van der Waals surface area contributed by atoms with Gasteiger partial charge in [-0.1, -0.05) is 48.5 Å². The molecule has 2 aromatic carbocycles. The number of esters is 1. The molecule has 144 valence electrons. The van der Waals surface area contributed by atoms with Crippen molar-refractivity contribution in [2.45, 2.75) is 37.3 Å². The number of methoxy groups -OCH3 is 1. The first-order valence-corrected chi connectivity index (χ1v) is 9.53. The van der Waals surface area contributed by atoms with Crippen LogP contribution in [0.25, 0.3) is 0 Å². The van der Waals surface area contributed by atoms with Crippen molar-refractivity contribution < 1.29 is 19.4 Å². The van der Waals surface area contributed by atoms with Crippen LogP contribution < -0.4 is 4.90 Å². The molecular formula is C23H23NO4. The molecule has 0 fully saturated rings. The molecule has 1 aliphatic heterocycles. The molecule has 0 aromatic heterocycles. The number of aliphatic hydroxyl groups is 1. The lowest BCUT2D eigenvalue weighted by molar-refractivity contribution is -0.163. The van der Waals surface area contributed by atoms with Crippen LogP contribution in [0.5, 0.6) is 0 Å². The smallest absolute Gasteiger partial charge is 0.359 e. The number of hydrogen-bond acceptors (Lipinski definition) is 5. The summed E-state index contributed by atoms with van der Waals surface area (Å²) in [6, 6.07) is 18.8. The molecular weight excluding hydrogens is 354 g/mol. The lowest BCUT2D eigenvalue weighted by Gasteiger charge is -2.48. The maximum Gasteiger partial charge on any atom is 0.359 e. The van der Waals surface area contributed by atoms with Crippen LogP contribution in [0.4, 0.5) is 5.69 Å². The zero-order valence-electron chi connectivity index (χ0n) is 15.8. The molecule has 0 spiro atoms. The summed E-state index contributed by atoms with van der Waals surface area (Å²) in [6.07, 6.45) is 1.86. The summed E-state index contributed by atoms with van der Waals surface area (Å²) in [5, 5.41) is 11.6. The van der Waals surface area contributed by atoms with E-state index in [1.54, 1.807) is 4.90 Å². The van der Waals surface area contributed by atoms with Gasteiger partial charge in [-0.25, -0.2) is 4.79 Å². The number of anilines is 1. The van der Waals surface area contributed by atoms with E-state index in [0.29, 0.717) is 30.5 Å². The molecule has 1 heterocycles. The Morgan fingerprint density at radius 1 is 1.07 bits per heavy atom. The zero-order valence-corrected chi connectivity index (χ0v) is 15.8. The topological polar surface area (TPSA) is 66.8 Å². The molecule has 5 nitrogen and oxygen atoms in total. The van der Waals surface area contributed by atoms with Crippen molar-refractivity contribution in [3.8, 4) is 0 Å². The monoisotopic (exact) mass is 377 g/mol. The summed E-state index contributed by atoms with van der Waals surface area (Å²) in [4.78, 5) is 27.4. The summed E-state index contributed by atoms with van der Waals surface area (Å²) >= 11 is 0. The number of para-hydroxylation sites is 1. The van der Waals surface area contributed by atoms with Gasteiger partial charge >= 0.3 is 5.97 Å². The normalized spacial score (nSPS) is 24.7. The third kappa shape index (κ3) is 2.92. The molecule has 0 unspecified atom stereocenters. The number of allylic oxidation sites excluding steroid dienone is 2. The molecule has 4 rings (SSSR count). The van der Waals surface area contributed by atoms with Crippen LogP contribution in [0, 0.1) is 0 Å². The van der Waals surface area contributed by atoms with Gasteiger partial charge in [0.2, 0.25) is 5.72 Å². The van der Waals surface area contributed by atoms with E-state index in [-0.39, 0.29) is 18.1 Å². The first-order chi connectivity index (χ1) is 13.6. The molecule has 0 saturated carbocycles. The van der Waals surface area contributed by atoms with Crippen molar-refractivity contribution in [2.24, 2.45) is 0 Å². The predicted octanol–water partition coefficient (Wildman–Crippen LogP) is 3.55. The van der Waals surface area contributed by atoms with Crippen LogP contribution in [0.15, 0.2) is 71.9 Å². The Labute approximate surface area is 164 Å². The number of nitrogens with zero attached hydrogens (tertiary/aromatic N) is 1. The third-order valence-corrected chi connectivity index (χ3v) is 5.63. The Morgan fingerprint density at radius 3 is 2.36 bits per heavy atom. The van der Waals surface area contributed by atoms with Crippen molar-refractivity contribution in [3.63, 3.8) is 0 Å². The van der Waals surface area contributed by atoms with Crippen molar-refractivity contribution in [1.29, 1.82) is 0 Å². The standard InChI is InChI=1S/C23H23NO4/c1-28-22(26)23(27)15-18(16-9-4-2-5-10-16)21-19(13-8-14-20(21)25)24(23)17-11-6-3-7-12-17/h2-7,9-12,18,27H,8,13-15H2,1H3/t18-,23+/m0/s1. The van der Waals surface area contributed by atoms with E-state index in [0.717, 1.165) is 11.3 Å². The maximum atomic E-state index is 13.0. The van der Waals surface area contributed by atoms with Gasteiger partial charge in [0, 0.05) is 35.7 Å². The molecule has 1 N–H and O–H groups in total. The lowest BCUT2D eigenvalue weighted by Crippen LogP contribution is -2.59. The minimum absolute atomic E-state index is 0.0587. The van der Waals surface area contributed by atoms with Crippen molar-refractivity contribution >= 4 is 17.4 Å². The quantitative estimate of drug-likeness (QED) is 0.829. The fourth-order valence-electron chi connectivity index (χ4n) is 4.43. The SMILES string of the molecule is COC(=O)[C@]1(O)C[C@@H](c2ccccc2)C2=C(CCCC2=O)N1c1ccccc1. The lowest BCUT2D eigenvalue weighted by atomic mass is 9.73. The predicted molar refractivity (Wildman–Crippen MR) is 106 cm³/mol. The summed E-state index contributed by atoms with van der Waals surface area (Å²) in [5.41, 5.74) is 1.13. The van der Waals surface area contributed by atoms with E-state index in [1.807, 2.05) is 60.7 Å². The molecule has 0 bridgehead atoms. The number of carbonyl (C=O) groups is 2. The number of hydrogen-bond donors (Lipinski definition) is 1.